The van der Waals surface area contributed by atoms with Crippen molar-refractivity contribution in [3.05, 3.63) is 53.6 Å². The molecule has 0 radical (unpaired) electrons. The second-order valence-corrected chi connectivity index (χ2v) is 4.65. The van der Waals surface area contributed by atoms with Crippen molar-refractivity contribution in [2.75, 3.05) is 5.32 Å². The molecule has 0 heterocycles. The van der Waals surface area contributed by atoms with Crippen molar-refractivity contribution in [1.29, 1.82) is 0 Å². The zero-order chi connectivity index (χ0) is 13.1. The van der Waals surface area contributed by atoms with Gasteiger partial charge in [0.15, 0.2) is 0 Å². The SMILES string of the molecule is Fc1cc(F)cc(NC(=S)C2=CC=CCC2=S)c1. The van der Waals surface area contributed by atoms with E-state index in [1.54, 1.807) is 6.08 Å². The van der Waals surface area contributed by atoms with Crippen molar-refractivity contribution in [3.63, 3.8) is 0 Å². The van der Waals surface area contributed by atoms with E-state index in [-0.39, 0.29) is 5.69 Å². The maximum Gasteiger partial charge on any atom is 0.128 e. The molecule has 92 valence electrons. The van der Waals surface area contributed by atoms with Gasteiger partial charge in [0.2, 0.25) is 0 Å². The second-order valence-electron chi connectivity index (χ2n) is 3.75. The van der Waals surface area contributed by atoms with Crippen molar-refractivity contribution in [2.45, 2.75) is 6.42 Å². The summed E-state index contributed by atoms with van der Waals surface area (Å²) in [5.74, 6) is -1.30. The van der Waals surface area contributed by atoms with E-state index in [2.05, 4.69) is 5.32 Å². The summed E-state index contributed by atoms with van der Waals surface area (Å²) in [6.07, 6.45) is 6.22. The molecule has 0 atom stereocenters. The minimum atomic E-state index is -0.652. The molecule has 0 spiro atoms. The van der Waals surface area contributed by atoms with Crippen molar-refractivity contribution in [2.24, 2.45) is 0 Å². The molecule has 1 nitrogen and oxygen atoms in total. The topological polar surface area (TPSA) is 12.0 Å². The summed E-state index contributed by atoms with van der Waals surface area (Å²) in [4.78, 5) is 1.08. The Bertz CT molecular complexity index is 556. The number of rotatable bonds is 2. The predicted octanol–water partition coefficient (Wildman–Crippen LogP) is 3.96. The van der Waals surface area contributed by atoms with Crippen LogP contribution in [0.2, 0.25) is 0 Å². The van der Waals surface area contributed by atoms with Crippen LogP contribution in [-0.4, -0.2) is 9.85 Å². The van der Waals surface area contributed by atoms with Crippen LogP contribution in [0.4, 0.5) is 14.5 Å². The fraction of sp³-hybridized carbons (Fsp3) is 0.0769. The van der Waals surface area contributed by atoms with Crippen LogP contribution in [0.25, 0.3) is 0 Å². The zero-order valence-corrected chi connectivity index (χ0v) is 10.9. The van der Waals surface area contributed by atoms with E-state index < -0.39 is 11.6 Å². The Morgan fingerprint density at radius 2 is 1.83 bits per heavy atom. The molecule has 0 saturated heterocycles. The first kappa shape index (κ1) is 13.0. The van der Waals surface area contributed by atoms with Crippen molar-refractivity contribution in [3.8, 4) is 0 Å². The van der Waals surface area contributed by atoms with Gasteiger partial charge in [0, 0.05) is 28.6 Å². The first-order valence-corrected chi connectivity index (χ1v) is 6.05. The van der Waals surface area contributed by atoms with E-state index in [4.69, 9.17) is 24.4 Å². The number of allylic oxidation sites excluding steroid dienone is 3. The van der Waals surface area contributed by atoms with Crippen LogP contribution in [-0.2, 0) is 0 Å². The number of halogens is 2. The third kappa shape index (κ3) is 3.05. The molecule has 2 rings (SSSR count). The minimum absolute atomic E-state index is 0.274. The van der Waals surface area contributed by atoms with Gasteiger partial charge in [-0.2, -0.15) is 0 Å². The Balaban J connectivity index is 2.18. The van der Waals surface area contributed by atoms with Crippen LogP contribution in [0.1, 0.15) is 6.42 Å². The monoisotopic (exact) mass is 281 g/mol. The normalized spacial score (nSPS) is 14.3. The second kappa shape index (κ2) is 5.46. The number of thiocarbonyl (C=S) groups is 2. The van der Waals surface area contributed by atoms with Crippen LogP contribution >= 0.6 is 24.4 Å². The smallest absolute Gasteiger partial charge is 0.128 e. The molecule has 1 aromatic carbocycles. The Morgan fingerprint density at radius 1 is 1.17 bits per heavy atom. The Labute approximate surface area is 114 Å². The molecule has 0 aromatic heterocycles. The number of anilines is 1. The summed E-state index contributed by atoms with van der Waals surface area (Å²) in [5.41, 5.74) is 0.989. The molecule has 0 amide bonds. The van der Waals surface area contributed by atoms with Crippen LogP contribution < -0.4 is 5.32 Å². The molecular formula is C13H9F2NS2. The molecular weight excluding hydrogens is 272 g/mol. The third-order valence-electron chi connectivity index (χ3n) is 2.37. The fourth-order valence-corrected chi connectivity index (χ4v) is 2.21. The highest BCUT2D eigenvalue weighted by Gasteiger charge is 2.12. The molecule has 1 N–H and O–H groups in total. The van der Waals surface area contributed by atoms with E-state index >= 15 is 0 Å². The highest BCUT2D eigenvalue weighted by molar-refractivity contribution is 7.83. The minimum Gasteiger partial charge on any atom is -0.346 e. The number of benzene rings is 1. The van der Waals surface area contributed by atoms with Gasteiger partial charge in [0.25, 0.3) is 0 Å². The third-order valence-corrected chi connectivity index (χ3v) is 3.08. The largest absolute Gasteiger partial charge is 0.346 e. The molecule has 0 fully saturated rings. The molecule has 1 aliphatic rings. The van der Waals surface area contributed by atoms with Crippen LogP contribution in [0, 0.1) is 11.6 Å². The van der Waals surface area contributed by atoms with Gasteiger partial charge in [-0.3, -0.25) is 0 Å². The first-order chi connectivity index (χ1) is 8.56. The maximum absolute atomic E-state index is 13.0. The van der Waals surface area contributed by atoms with Gasteiger partial charge in [-0.1, -0.05) is 42.7 Å². The van der Waals surface area contributed by atoms with Crippen molar-refractivity contribution in [1.82, 2.24) is 0 Å². The lowest BCUT2D eigenvalue weighted by molar-refractivity contribution is 0.584. The quantitative estimate of drug-likeness (QED) is 0.824. The molecule has 0 aliphatic heterocycles. The van der Waals surface area contributed by atoms with Gasteiger partial charge in [-0.25, -0.2) is 8.78 Å². The van der Waals surface area contributed by atoms with Crippen LogP contribution in [0.5, 0.6) is 0 Å². The average molecular weight is 281 g/mol. The van der Waals surface area contributed by atoms with E-state index in [9.17, 15) is 8.78 Å². The molecule has 1 aromatic rings. The molecule has 1 aliphatic carbocycles. The van der Waals surface area contributed by atoms with Crippen LogP contribution in [0.3, 0.4) is 0 Å². The highest BCUT2D eigenvalue weighted by Crippen LogP contribution is 2.17. The summed E-state index contributed by atoms with van der Waals surface area (Å²) in [5, 5.41) is 2.79. The van der Waals surface area contributed by atoms with Gasteiger partial charge in [-0.15, -0.1) is 0 Å². The summed E-state index contributed by atoms with van der Waals surface area (Å²) < 4.78 is 26.0. The molecule has 18 heavy (non-hydrogen) atoms. The fourth-order valence-electron chi connectivity index (χ4n) is 1.57. The molecule has 0 bridgehead atoms. The summed E-state index contributed by atoms with van der Waals surface area (Å²) in [6, 6.07) is 3.16. The maximum atomic E-state index is 13.0. The first-order valence-electron chi connectivity index (χ1n) is 5.24. The van der Waals surface area contributed by atoms with Gasteiger partial charge < -0.3 is 5.32 Å². The number of nitrogens with one attached hydrogen (secondary N) is 1. The Kier molecular flexibility index (Phi) is 3.93. The van der Waals surface area contributed by atoms with E-state index in [0.717, 1.165) is 6.07 Å². The molecule has 0 saturated carbocycles. The lowest BCUT2D eigenvalue weighted by atomic mass is 10.0. The number of hydrogen-bond donors (Lipinski definition) is 1. The van der Waals surface area contributed by atoms with Gasteiger partial charge in [-0.05, 0) is 12.1 Å². The van der Waals surface area contributed by atoms with Crippen molar-refractivity contribution < 1.29 is 8.78 Å². The lowest BCUT2D eigenvalue weighted by Crippen LogP contribution is -2.18. The van der Waals surface area contributed by atoms with Gasteiger partial charge in [0.1, 0.15) is 16.6 Å². The van der Waals surface area contributed by atoms with Crippen LogP contribution in [0.15, 0.2) is 42.0 Å². The van der Waals surface area contributed by atoms with Gasteiger partial charge in [0.05, 0.1) is 0 Å². The zero-order valence-electron chi connectivity index (χ0n) is 9.24. The predicted molar refractivity (Wildman–Crippen MR) is 77.0 cm³/mol. The Hall–Kier alpha value is -1.46. The summed E-state index contributed by atoms with van der Waals surface area (Å²) in [7, 11) is 0. The average Bonchev–Trinajstić information content (AvgIpc) is 2.27. The molecule has 0 unspecified atom stereocenters. The van der Waals surface area contributed by atoms with Crippen molar-refractivity contribution >= 4 is 40.0 Å². The van der Waals surface area contributed by atoms with E-state index in [1.807, 2.05) is 12.2 Å². The van der Waals surface area contributed by atoms with Gasteiger partial charge >= 0.3 is 0 Å². The van der Waals surface area contributed by atoms with E-state index in [1.165, 1.54) is 12.1 Å². The summed E-state index contributed by atoms with van der Waals surface area (Å²) in [6.45, 7) is 0. The lowest BCUT2D eigenvalue weighted by Gasteiger charge is -2.14. The Morgan fingerprint density at radius 3 is 2.44 bits per heavy atom. The number of hydrogen-bond acceptors (Lipinski definition) is 2. The molecule has 5 heteroatoms. The standard InChI is InChI=1S/C13H9F2NS2/c14-8-5-9(15)7-10(6-8)16-13(18)11-3-1-2-4-12(11)17/h1-3,5-7H,4H2,(H,16,18). The highest BCUT2D eigenvalue weighted by atomic mass is 32.1. The summed E-state index contributed by atoms with van der Waals surface area (Å²) >= 11 is 10.3. The van der Waals surface area contributed by atoms with E-state index in [0.29, 0.717) is 21.8 Å².